The monoisotopic (exact) mass is 224 g/mol. The van der Waals surface area contributed by atoms with E-state index in [2.05, 4.69) is 34.3 Å². The number of hydrogen-bond acceptors (Lipinski definition) is 5. The second-order valence-corrected chi connectivity index (χ2v) is 4.85. The van der Waals surface area contributed by atoms with Gasteiger partial charge in [0.1, 0.15) is 0 Å². The fraction of sp³-hybridized carbons (Fsp3) is 0.818. The third kappa shape index (κ3) is 2.41. The quantitative estimate of drug-likeness (QED) is 0.823. The molecule has 1 aliphatic rings. The summed E-state index contributed by atoms with van der Waals surface area (Å²) in [5.41, 5.74) is 0.152. The van der Waals surface area contributed by atoms with Gasteiger partial charge in [0.05, 0.1) is 6.54 Å². The summed E-state index contributed by atoms with van der Waals surface area (Å²) in [6.07, 6.45) is 0.804. The van der Waals surface area contributed by atoms with E-state index in [9.17, 15) is 0 Å². The molecule has 2 rings (SSSR count). The maximum absolute atomic E-state index is 5.54. The van der Waals surface area contributed by atoms with Gasteiger partial charge in [-0.2, -0.15) is 0 Å². The first-order valence-corrected chi connectivity index (χ1v) is 5.89. The van der Waals surface area contributed by atoms with E-state index < -0.39 is 0 Å². The molecular weight excluding hydrogens is 204 g/mol. The molecule has 1 fully saturated rings. The largest absolute Gasteiger partial charge is 0.424 e. The van der Waals surface area contributed by atoms with Crippen LogP contribution in [0.1, 0.15) is 32.6 Å². The van der Waals surface area contributed by atoms with Crippen molar-refractivity contribution in [3.05, 3.63) is 11.8 Å². The van der Waals surface area contributed by atoms with Crippen molar-refractivity contribution < 1.29 is 4.42 Å². The molecule has 1 aromatic heterocycles. The molecule has 0 aromatic carbocycles. The van der Waals surface area contributed by atoms with Crippen molar-refractivity contribution in [2.75, 3.05) is 19.6 Å². The lowest BCUT2D eigenvalue weighted by Gasteiger charge is -2.42. The number of nitrogens with one attached hydrogen (secondary N) is 1. The summed E-state index contributed by atoms with van der Waals surface area (Å²) in [6.45, 7) is 10.3. The molecule has 1 saturated heterocycles. The summed E-state index contributed by atoms with van der Waals surface area (Å²) < 4.78 is 5.54. The van der Waals surface area contributed by atoms with Crippen molar-refractivity contribution in [3.63, 3.8) is 0 Å². The number of rotatable bonds is 3. The van der Waals surface area contributed by atoms with Crippen LogP contribution in [0.5, 0.6) is 0 Å². The van der Waals surface area contributed by atoms with Crippen LogP contribution in [0.4, 0.5) is 0 Å². The van der Waals surface area contributed by atoms with Gasteiger partial charge >= 0.3 is 0 Å². The molecule has 0 spiro atoms. The van der Waals surface area contributed by atoms with Crippen molar-refractivity contribution in [1.82, 2.24) is 20.4 Å². The number of piperazine rings is 1. The molecule has 5 heteroatoms. The Labute approximate surface area is 96.2 Å². The predicted molar refractivity (Wildman–Crippen MR) is 61.0 cm³/mol. The Morgan fingerprint density at radius 2 is 2.12 bits per heavy atom. The first-order valence-electron chi connectivity index (χ1n) is 5.89. The normalized spacial score (nSPS) is 21.2. The van der Waals surface area contributed by atoms with E-state index in [1.54, 1.807) is 0 Å². The zero-order valence-electron chi connectivity index (χ0n) is 10.3. The molecule has 0 atom stereocenters. The first-order chi connectivity index (χ1) is 7.62. The highest BCUT2D eigenvalue weighted by atomic mass is 16.4. The van der Waals surface area contributed by atoms with Crippen LogP contribution in [-0.2, 0) is 13.0 Å². The molecule has 1 N–H and O–H groups in total. The third-order valence-electron chi connectivity index (χ3n) is 3.11. The molecule has 0 bridgehead atoms. The lowest BCUT2D eigenvalue weighted by molar-refractivity contribution is 0.0731. The Hall–Kier alpha value is -0.940. The summed E-state index contributed by atoms with van der Waals surface area (Å²) in [5.74, 6) is 1.45. The van der Waals surface area contributed by atoms with E-state index in [1.807, 2.05) is 6.92 Å². The molecule has 0 aliphatic carbocycles. The molecule has 0 saturated carbocycles. The van der Waals surface area contributed by atoms with E-state index in [4.69, 9.17) is 4.42 Å². The molecule has 1 aromatic rings. The Morgan fingerprint density at radius 3 is 2.75 bits per heavy atom. The summed E-state index contributed by atoms with van der Waals surface area (Å²) in [7, 11) is 0. The van der Waals surface area contributed by atoms with Crippen LogP contribution >= 0.6 is 0 Å². The molecular formula is C11H20N4O. The number of nitrogens with zero attached hydrogens (tertiary/aromatic N) is 3. The van der Waals surface area contributed by atoms with Gasteiger partial charge in [-0.05, 0) is 13.8 Å². The van der Waals surface area contributed by atoms with Crippen LogP contribution in [0.25, 0.3) is 0 Å². The minimum atomic E-state index is 0.152. The van der Waals surface area contributed by atoms with Crippen molar-refractivity contribution in [3.8, 4) is 0 Å². The summed E-state index contributed by atoms with van der Waals surface area (Å²) in [6, 6.07) is 0. The minimum absolute atomic E-state index is 0.152. The van der Waals surface area contributed by atoms with Crippen LogP contribution < -0.4 is 5.32 Å². The molecule has 16 heavy (non-hydrogen) atoms. The molecule has 0 radical (unpaired) electrons. The van der Waals surface area contributed by atoms with Gasteiger partial charge in [-0.25, -0.2) is 0 Å². The molecule has 5 nitrogen and oxygen atoms in total. The molecule has 1 aliphatic heterocycles. The Bertz CT molecular complexity index is 348. The van der Waals surface area contributed by atoms with E-state index in [1.165, 1.54) is 0 Å². The predicted octanol–water partition coefficient (Wildman–Crippen LogP) is 0.816. The van der Waals surface area contributed by atoms with Crippen LogP contribution in [0.2, 0.25) is 0 Å². The van der Waals surface area contributed by atoms with E-state index in [0.717, 1.165) is 44.4 Å². The number of aryl methyl sites for hydroxylation is 1. The van der Waals surface area contributed by atoms with E-state index in [0.29, 0.717) is 0 Å². The molecule has 2 heterocycles. The second-order valence-electron chi connectivity index (χ2n) is 4.85. The second kappa shape index (κ2) is 4.51. The van der Waals surface area contributed by atoms with Gasteiger partial charge in [0.15, 0.2) is 0 Å². The molecule has 90 valence electrons. The average molecular weight is 224 g/mol. The van der Waals surface area contributed by atoms with Crippen molar-refractivity contribution >= 4 is 0 Å². The van der Waals surface area contributed by atoms with Gasteiger partial charge in [0, 0.05) is 31.6 Å². The van der Waals surface area contributed by atoms with Crippen molar-refractivity contribution in [2.45, 2.75) is 39.3 Å². The highest BCUT2D eigenvalue weighted by Gasteiger charge is 2.30. The smallest absolute Gasteiger partial charge is 0.230 e. The zero-order chi connectivity index (χ0) is 11.6. The van der Waals surface area contributed by atoms with Crippen LogP contribution in [0.15, 0.2) is 4.42 Å². The van der Waals surface area contributed by atoms with Crippen molar-refractivity contribution in [2.24, 2.45) is 0 Å². The topological polar surface area (TPSA) is 54.2 Å². The fourth-order valence-corrected chi connectivity index (χ4v) is 1.97. The van der Waals surface area contributed by atoms with E-state index >= 15 is 0 Å². The Kier molecular flexibility index (Phi) is 3.25. The number of aromatic nitrogens is 2. The third-order valence-corrected chi connectivity index (χ3v) is 3.11. The SMILES string of the molecule is CCc1nnc(CN2CCNCC2(C)C)o1. The van der Waals surface area contributed by atoms with Crippen LogP contribution in [-0.4, -0.2) is 40.3 Å². The fourth-order valence-electron chi connectivity index (χ4n) is 1.97. The average Bonchev–Trinajstić information content (AvgIpc) is 2.69. The zero-order valence-corrected chi connectivity index (χ0v) is 10.3. The van der Waals surface area contributed by atoms with Gasteiger partial charge in [-0.3, -0.25) is 4.90 Å². The van der Waals surface area contributed by atoms with Gasteiger partial charge in [0.2, 0.25) is 11.8 Å². The standard InChI is InChI=1S/C11H20N4O/c1-4-9-13-14-10(16-9)7-15-6-5-12-8-11(15,2)3/h12H,4-8H2,1-3H3. The first kappa shape index (κ1) is 11.5. The van der Waals surface area contributed by atoms with Gasteiger partial charge in [-0.1, -0.05) is 6.92 Å². The van der Waals surface area contributed by atoms with Gasteiger partial charge in [-0.15, -0.1) is 10.2 Å². The van der Waals surface area contributed by atoms with Gasteiger partial charge in [0.25, 0.3) is 0 Å². The van der Waals surface area contributed by atoms with Crippen LogP contribution in [0.3, 0.4) is 0 Å². The lowest BCUT2D eigenvalue weighted by Crippen LogP contribution is -2.57. The highest BCUT2D eigenvalue weighted by Crippen LogP contribution is 2.18. The summed E-state index contributed by atoms with van der Waals surface area (Å²) in [4.78, 5) is 2.39. The lowest BCUT2D eigenvalue weighted by atomic mass is 10.0. The van der Waals surface area contributed by atoms with Gasteiger partial charge < -0.3 is 9.73 Å². The maximum Gasteiger partial charge on any atom is 0.230 e. The summed E-state index contributed by atoms with van der Waals surface area (Å²) in [5, 5.41) is 11.5. The molecule has 0 amide bonds. The van der Waals surface area contributed by atoms with E-state index in [-0.39, 0.29) is 5.54 Å². The Balaban J connectivity index is 2.02. The number of hydrogen-bond donors (Lipinski definition) is 1. The molecule has 0 unspecified atom stereocenters. The minimum Gasteiger partial charge on any atom is -0.424 e. The Morgan fingerprint density at radius 1 is 1.38 bits per heavy atom. The van der Waals surface area contributed by atoms with Crippen LogP contribution in [0, 0.1) is 0 Å². The van der Waals surface area contributed by atoms with Crippen molar-refractivity contribution in [1.29, 1.82) is 0 Å². The summed E-state index contributed by atoms with van der Waals surface area (Å²) >= 11 is 0. The highest BCUT2D eigenvalue weighted by molar-refractivity contribution is 4.91. The maximum atomic E-state index is 5.54.